The molecule has 0 bridgehead atoms. The minimum Gasteiger partial charge on any atom is -0.479 e. The molecule has 2 fully saturated rings. The lowest BCUT2D eigenvalue weighted by atomic mass is 9.94. The molecule has 2 amide bonds. The molecule has 120 valence electrons. The normalized spacial score (nSPS) is 33.6. The summed E-state index contributed by atoms with van der Waals surface area (Å²) < 4.78 is 5.35. The molecule has 2 aliphatic rings. The topological polar surface area (TPSA) is 90.9 Å². The monoisotopic (exact) mass is 299 g/mol. The van der Waals surface area contributed by atoms with Crippen LogP contribution in [0, 0.1) is 5.92 Å². The molecule has 0 aromatic carbocycles. The molecular formula is C14H25N3O4. The van der Waals surface area contributed by atoms with Gasteiger partial charge >= 0.3 is 12.0 Å². The third kappa shape index (κ3) is 4.57. The van der Waals surface area contributed by atoms with Crippen molar-refractivity contribution in [3.63, 3.8) is 0 Å². The summed E-state index contributed by atoms with van der Waals surface area (Å²) in [6, 6.07) is -0.00348. The minimum absolute atomic E-state index is 0.192. The maximum Gasteiger partial charge on any atom is 0.332 e. The predicted octanol–water partition coefficient (Wildman–Crippen LogP) is 0.258. The number of rotatable bonds is 4. The molecule has 0 aliphatic carbocycles. The van der Waals surface area contributed by atoms with Crippen LogP contribution in [0.1, 0.15) is 26.2 Å². The van der Waals surface area contributed by atoms with E-state index < -0.39 is 12.1 Å². The van der Waals surface area contributed by atoms with E-state index in [1.807, 2.05) is 0 Å². The van der Waals surface area contributed by atoms with Crippen molar-refractivity contribution < 1.29 is 19.4 Å². The Labute approximate surface area is 125 Å². The minimum atomic E-state index is -0.929. The second-order valence-electron chi connectivity index (χ2n) is 6.15. The van der Waals surface area contributed by atoms with Gasteiger partial charge in [-0.2, -0.15) is 0 Å². The summed E-state index contributed by atoms with van der Waals surface area (Å²) in [6.45, 7) is 4.47. The first-order valence-corrected chi connectivity index (χ1v) is 7.57. The summed E-state index contributed by atoms with van der Waals surface area (Å²) in [7, 11) is 2.09. The van der Waals surface area contributed by atoms with Gasteiger partial charge in [0.15, 0.2) is 6.10 Å². The number of ether oxygens (including phenoxy) is 1. The van der Waals surface area contributed by atoms with E-state index in [1.165, 1.54) is 0 Å². The molecule has 3 N–H and O–H groups in total. The average Bonchev–Trinajstić information content (AvgIpc) is 2.89. The lowest BCUT2D eigenvalue weighted by Crippen LogP contribution is -2.52. The van der Waals surface area contributed by atoms with E-state index in [9.17, 15) is 9.59 Å². The van der Waals surface area contributed by atoms with Gasteiger partial charge in [-0.05, 0) is 38.8 Å². The number of amides is 2. The number of piperidine rings is 1. The van der Waals surface area contributed by atoms with Crippen LogP contribution in [-0.4, -0.2) is 66.9 Å². The zero-order valence-corrected chi connectivity index (χ0v) is 12.7. The van der Waals surface area contributed by atoms with Gasteiger partial charge in [0.1, 0.15) is 0 Å². The zero-order chi connectivity index (χ0) is 15.4. The molecule has 4 atom stereocenters. The van der Waals surface area contributed by atoms with Gasteiger partial charge in [-0.1, -0.05) is 6.92 Å². The highest BCUT2D eigenvalue weighted by atomic mass is 16.5. The Hall–Kier alpha value is -1.34. The van der Waals surface area contributed by atoms with Crippen molar-refractivity contribution in [2.24, 2.45) is 5.92 Å². The van der Waals surface area contributed by atoms with Crippen molar-refractivity contribution in [3.8, 4) is 0 Å². The molecule has 0 spiro atoms. The molecule has 0 aromatic rings. The molecule has 0 aromatic heterocycles. The third-order valence-corrected chi connectivity index (χ3v) is 4.30. The Kier molecular flexibility index (Phi) is 5.41. The fraction of sp³-hybridized carbons (Fsp3) is 0.857. The molecule has 2 saturated heterocycles. The van der Waals surface area contributed by atoms with Crippen LogP contribution in [0.15, 0.2) is 0 Å². The Balaban J connectivity index is 1.67. The van der Waals surface area contributed by atoms with Crippen LogP contribution in [0.2, 0.25) is 0 Å². The summed E-state index contributed by atoms with van der Waals surface area (Å²) in [5, 5.41) is 14.6. The largest absolute Gasteiger partial charge is 0.479 e. The van der Waals surface area contributed by atoms with Gasteiger partial charge in [-0.15, -0.1) is 0 Å². The summed E-state index contributed by atoms with van der Waals surface area (Å²) >= 11 is 0. The number of nitrogens with one attached hydrogen (secondary N) is 2. The highest BCUT2D eigenvalue weighted by molar-refractivity contribution is 5.74. The number of hydrogen-bond donors (Lipinski definition) is 3. The van der Waals surface area contributed by atoms with E-state index in [-0.39, 0.29) is 18.2 Å². The Morgan fingerprint density at radius 1 is 1.33 bits per heavy atom. The summed E-state index contributed by atoms with van der Waals surface area (Å²) in [4.78, 5) is 24.9. The molecule has 0 radical (unpaired) electrons. The second-order valence-corrected chi connectivity index (χ2v) is 6.15. The highest BCUT2D eigenvalue weighted by Gasteiger charge is 2.31. The van der Waals surface area contributed by atoms with E-state index >= 15 is 0 Å². The van der Waals surface area contributed by atoms with Crippen LogP contribution in [0.4, 0.5) is 4.79 Å². The highest BCUT2D eigenvalue weighted by Crippen LogP contribution is 2.19. The standard InChI is InChI=1S/C14H25N3O4/c1-9-8-17(2)6-5-11(9)16-14(20)15-7-10-3-4-12(21-10)13(18)19/h9-12H,3-8H2,1-2H3,(H,18,19)(H2,15,16,20). The van der Waals surface area contributed by atoms with Gasteiger partial charge in [-0.3, -0.25) is 0 Å². The van der Waals surface area contributed by atoms with Gasteiger partial charge in [0.25, 0.3) is 0 Å². The number of carboxylic acid groups (broad SMARTS) is 1. The van der Waals surface area contributed by atoms with Crippen molar-refractivity contribution in [2.75, 3.05) is 26.7 Å². The Bertz CT molecular complexity index is 390. The first-order valence-electron chi connectivity index (χ1n) is 7.57. The predicted molar refractivity (Wildman–Crippen MR) is 77.1 cm³/mol. The van der Waals surface area contributed by atoms with E-state index in [2.05, 4.69) is 29.5 Å². The smallest absolute Gasteiger partial charge is 0.332 e. The number of carbonyl (C=O) groups excluding carboxylic acids is 1. The van der Waals surface area contributed by atoms with Crippen LogP contribution in [-0.2, 0) is 9.53 Å². The maximum atomic E-state index is 11.9. The van der Waals surface area contributed by atoms with Gasteiger partial charge in [-0.25, -0.2) is 9.59 Å². The fourth-order valence-electron chi connectivity index (χ4n) is 3.03. The summed E-state index contributed by atoms with van der Waals surface area (Å²) in [5.41, 5.74) is 0. The Morgan fingerprint density at radius 2 is 2.10 bits per heavy atom. The third-order valence-electron chi connectivity index (χ3n) is 4.30. The average molecular weight is 299 g/mol. The Morgan fingerprint density at radius 3 is 2.71 bits per heavy atom. The number of likely N-dealkylation sites (tertiary alicyclic amines) is 1. The van der Waals surface area contributed by atoms with Crippen molar-refractivity contribution in [3.05, 3.63) is 0 Å². The second kappa shape index (κ2) is 7.09. The molecule has 7 nitrogen and oxygen atoms in total. The number of carbonyl (C=O) groups is 2. The van der Waals surface area contributed by atoms with Crippen LogP contribution < -0.4 is 10.6 Å². The molecule has 7 heteroatoms. The first-order chi connectivity index (χ1) is 9.95. The molecule has 2 aliphatic heterocycles. The fourth-order valence-corrected chi connectivity index (χ4v) is 3.03. The van der Waals surface area contributed by atoms with Gasteiger partial charge in [0.2, 0.25) is 0 Å². The van der Waals surface area contributed by atoms with Crippen molar-refractivity contribution in [2.45, 2.75) is 44.4 Å². The van der Waals surface area contributed by atoms with E-state index in [0.717, 1.165) is 19.5 Å². The number of hydrogen-bond acceptors (Lipinski definition) is 4. The molecule has 21 heavy (non-hydrogen) atoms. The number of carboxylic acids is 1. The van der Waals surface area contributed by atoms with Gasteiger partial charge < -0.3 is 25.4 Å². The SMILES string of the molecule is CC1CN(C)CCC1NC(=O)NCC1CCC(C(=O)O)O1. The molecule has 2 heterocycles. The quantitative estimate of drug-likeness (QED) is 0.692. The van der Waals surface area contributed by atoms with E-state index in [1.54, 1.807) is 0 Å². The van der Waals surface area contributed by atoms with Crippen LogP contribution in [0.25, 0.3) is 0 Å². The molecule has 2 rings (SSSR count). The number of aliphatic carboxylic acids is 1. The van der Waals surface area contributed by atoms with Crippen LogP contribution >= 0.6 is 0 Å². The number of urea groups is 1. The number of nitrogens with zero attached hydrogens (tertiary/aromatic N) is 1. The van der Waals surface area contributed by atoms with E-state index in [0.29, 0.717) is 25.3 Å². The molecule has 0 saturated carbocycles. The summed E-state index contributed by atoms with van der Waals surface area (Å²) in [6.07, 6.45) is 1.20. The zero-order valence-electron chi connectivity index (χ0n) is 12.7. The van der Waals surface area contributed by atoms with Crippen molar-refractivity contribution >= 4 is 12.0 Å². The molecule has 4 unspecified atom stereocenters. The van der Waals surface area contributed by atoms with Crippen LogP contribution in [0.3, 0.4) is 0 Å². The van der Waals surface area contributed by atoms with Crippen molar-refractivity contribution in [1.29, 1.82) is 0 Å². The first kappa shape index (κ1) is 16.0. The maximum absolute atomic E-state index is 11.9. The van der Waals surface area contributed by atoms with Gasteiger partial charge in [0.05, 0.1) is 6.10 Å². The van der Waals surface area contributed by atoms with Crippen LogP contribution in [0.5, 0.6) is 0 Å². The van der Waals surface area contributed by atoms with E-state index in [4.69, 9.17) is 9.84 Å². The van der Waals surface area contributed by atoms with Gasteiger partial charge in [0, 0.05) is 19.1 Å². The lowest BCUT2D eigenvalue weighted by Gasteiger charge is -2.35. The summed E-state index contributed by atoms with van der Waals surface area (Å²) in [5.74, 6) is -0.504. The molecular weight excluding hydrogens is 274 g/mol. The lowest BCUT2D eigenvalue weighted by molar-refractivity contribution is -0.149. The van der Waals surface area contributed by atoms with Crippen molar-refractivity contribution in [1.82, 2.24) is 15.5 Å².